The summed E-state index contributed by atoms with van der Waals surface area (Å²) in [5.41, 5.74) is 7.71. The second kappa shape index (κ2) is 7.72. The van der Waals surface area contributed by atoms with E-state index in [2.05, 4.69) is 20.5 Å². The molecule has 0 amide bonds. The molecular formula is C21H16N4S. The minimum absolute atomic E-state index is 0.744. The Morgan fingerprint density at radius 2 is 1.58 bits per heavy atom. The summed E-state index contributed by atoms with van der Waals surface area (Å²) in [5, 5.41) is 7.36. The van der Waals surface area contributed by atoms with Crippen LogP contribution < -0.4 is 5.43 Å². The van der Waals surface area contributed by atoms with E-state index in [1.807, 2.05) is 84.2 Å². The van der Waals surface area contributed by atoms with Crippen molar-refractivity contribution in [2.75, 3.05) is 5.43 Å². The first-order chi connectivity index (χ1) is 12.9. The second-order valence-electron chi connectivity index (χ2n) is 5.56. The van der Waals surface area contributed by atoms with Crippen LogP contribution in [0.2, 0.25) is 0 Å². The molecule has 0 aliphatic carbocycles. The number of nitrogens with one attached hydrogen (secondary N) is 1. The van der Waals surface area contributed by atoms with Gasteiger partial charge in [0.2, 0.25) is 5.13 Å². The van der Waals surface area contributed by atoms with Gasteiger partial charge in [0.15, 0.2) is 0 Å². The third-order valence-electron chi connectivity index (χ3n) is 3.79. The van der Waals surface area contributed by atoms with E-state index < -0.39 is 0 Å². The number of nitrogens with zero attached hydrogens (tertiary/aromatic N) is 3. The molecule has 0 saturated carbocycles. The summed E-state index contributed by atoms with van der Waals surface area (Å²) < 4.78 is 0. The number of benzene rings is 2. The van der Waals surface area contributed by atoms with Gasteiger partial charge in [0.25, 0.3) is 0 Å². The normalized spacial score (nSPS) is 11.3. The van der Waals surface area contributed by atoms with E-state index in [9.17, 15) is 0 Å². The Bertz CT molecular complexity index is 954. The van der Waals surface area contributed by atoms with Crippen LogP contribution in [0.3, 0.4) is 0 Å². The summed E-state index contributed by atoms with van der Waals surface area (Å²) in [6, 6.07) is 25.9. The summed E-state index contributed by atoms with van der Waals surface area (Å²) in [6.07, 6.45) is 1.77. The summed E-state index contributed by atoms with van der Waals surface area (Å²) in [4.78, 5) is 9.05. The summed E-state index contributed by atoms with van der Waals surface area (Å²) in [6.45, 7) is 0. The molecule has 0 bridgehead atoms. The lowest BCUT2D eigenvalue weighted by molar-refractivity contribution is 1.24. The third kappa shape index (κ3) is 3.68. The van der Waals surface area contributed by atoms with Crippen molar-refractivity contribution in [3.8, 4) is 11.3 Å². The summed E-state index contributed by atoms with van der Waals surface area (Å²) in [5.74, 6) is 0. The van der Waals surface area contributed by atoms with Crippen LogP contribution in [0.4, 0.5) is 5.13 Å². The maximum absolute atomic E-state index is 4.62. The average molecular weight is 356 g/mol. The molecule has 0 radical (unpaired) electrons. The van der Waals surface area contributed by atoms with Crippen molar-refractivity contribution >= 4 is 22.2 Å². The standard InChI is InChI=1S/C21H16N4S/c1-3-9-16(10-4-1)19-15-26-21(23-19)25-24-20(17-11-5-2-6-12-17)18-13-7-8-14-22-18/h1-15H,(H,23,25). The summed E-state index contributed by atoms with van der Waals surface area (Å²) in [7, 11) is 0. The van der Waals surface area contributed by atoms with E-state index in [0.29, 0.717) is 0 Å². The molecule has 0 saturated heterocycles. The van der Waals surface area contributed by atoms with Crippen molar-refractivity contribution in [1.29, 1.82) is 0 Å². The maximum atomic E-state index is 4.62. The van der Waals surface area contributed by atoms with Crippen LogP contribution in [0.15, 0.2) is 95.5 Å². The third-order valence-corrected chi connectivity index (χ3v) is 4.54. The molecule has 4 nitrogen and oxygen atoms in total. The van der Waals surface area contributed by atoms with Crippen molar-refractivity contribution in [2.45, 2.75) is 0 Å². The molecule has 126 valence electrons. The number of hydrogen-bond acceptors (Lipinski definition) is 5. The van der Waals surface area contributed by atoms with Gasteiger partial charge in [-0.3, -0.25) is 10.4 Å². The molecule has 4 aromatic rings. The minimum Gasteiger partial charge on any atom is -0.255 e. The van der Waals surface area contributed by atoms with Crippen LogP contribution in [-0.2, 0) is 0 Å². The van der Waals surface area contributed by atoms with Crippen molar-refractivity contribution in [3.63, 3.8) is 0 Å². The number of hydrogen-bond donors (Lipinski definition) is 1. The number of pyridine rings is 1. The van der Waals surface area contributed by atoms with Gasteiger partial charge < -0.3 is 0 Å². The zero-order valence-corrected chi connectivity index (χ0v) is 14.7. The van der Waals surface area contributed by atoms with Gasteiger partial charge in [-0.2, -0.15) is 5.10 Å². The number of hydrazone groups is 1. The Hall–Kier alpha value is -3.31. The molecule has 0 atom stereocenters. The lowest BCUT2D eigenvalue weighted by Crippen LogP contribution is -2.08. The SMILES string of the molecule is c1ccc(C(=NNc2nc(-c3ccccc3)cs2)c2ccccn2)cc1. The number of thiazole rings is 1. The van der Waals surface area contributed by atoms with Crippen molar-refractivity contribution in [2.24, 2.45) is 5.10 Å². The molecule has 0 spiro atoms. The monoisotopic (exact) mass is 356 g/mol. The van der Waals surface area contributed by atoms with Crippen LogP contribution in [-0.4, -0.2) is 15.7 Å². The van der Waals surface area contributed by atoms with Gasteiger partial charge in [-0.05, 0) is 12.1 Å². The highest BCUT2D eigenvalue weighted by molar-refractivity contribution is 7.14. The highest BCUT2D eigenvalue weighted by Crippen LogP contribution is 2.24. The first-order valence-electron chi connectivity index (χ1n) is 8.21. The number of rotatable bonds is 5. The van der Waals surface area contributed by atoms with Gasteiger partial charge in [-0.1, -0.05) is 66.7 Å². The number of aromatic nitrogens is 2. The van der Waals surface area contributed by atoms with Gasteiger partial charge in [0, 0.05) is 22.7 Å². The number of anilines is 1. The van der Waals surface area contributed by atoms with Crippen LogP contribution >= 0.6 is 11.3 Å². The Labute approximate surface area is 155 Å². The molecule has 26 heavy (non-hydrogen) atoms. The van der Waals surface area contributed by atoms with E-state index in [1.54, 1.807) is 6.20 Å². The fraction of sp³-hybridized carbons (Fsp3) is 0. The quantitative estimate of drug-likeness (QED) is 0.401. The van der Waals surface area contributed by atoms with Crippen LogP contribution in [0.1, 0.15) is 11.3 Å². The molecule has 2 aromatic heterocycles. The van der Waals surface area contributed by atoms with E-state index in [4.69, 9.17) is 0 Å². The molecule has 2 aromatic carbocycles. The average Bonchev–Trinajstić information content (AvgIpc) is 3.20. The predicted octanol–water partition coefficient (Wildman–Crippen LogP) is 5.07. The second-order valence-corrected chi connectivity index (χ2v) is 6.42. The van der Waals surface area contributed by atoms with Crippen molar-refractivity contribution in [1.82, 2.24) is 9.97 Å². The van der Waals surface area contributed by atoms with E-state index in [-0.39, 0.29) is 0 Å². The molecule has 2 heterocycles. The Morgan fingerprint density at radius 1 is 0.846 bits per heavy atom. The Morgan fingerprint density at radius 3 is 2.31 bits per heavy atom. The maximum Gasteiger partial charge on any atom is 0.203 e. The van der Waals surface area contributed by atoms with E-state index in [1.165, 1.54) is 11.3 Å². The van der Waals surface area contributed by atoms with Crippen molar-refractivity contribution in [3.05, 3.63) is 102 Å². The molecule has 0 aliphatic heterocycles. The molecule has 5 heteroatoms. The van der Waals surface area contributed by atoms with Gasteiger partial charge in [-0.15, -0.1) is 11.3 Å². The first kappa shape index (κ1) is 16.2. The predicted molar refractivity (Wildman–Crippen MR) is 107 cm³/mol. The highest BCUT2D eigenvalue weighted by atomic mass is 32.1. The largest absolute Gasteiger partial charge is 0.255 e. The molecule has 4 rings (SSSR count). The Kier molecular flexibility index (Phi) is 4.80. The van der Waals surface area contributed by atoms with Gasteiger partial charge in [0.05, 0.1) is 11.4 Å². The molecule has 0 unspecified atom stereocenters. The van der Waals surface area contributed by atoms with Crippen molar-refractivity contribution < 1.29 is 0 Å². The lowest BCUT2D eigenvalue weighted by Gasteiger charge is -2.06. The van der Waals surface area contributed by atoms with Crippen LogP contribution in [0.5, 0.6) is 0 Å². The smallest absolute Gasteiger partial charge is 0.203 e. The lowest BCUT2D eigenvalue weighted by atomic mass is 10.1. The molecule has 0 aliphatic rings. The summed E-state index contributed by atoms with van der Waals surface area (Å²) >= 11 is 1.53. The van der Waals surface area contributed by atoms with E-state index in [0.717, 1.165) is 33.4 Å². The first-order valence-corrected chi connectivity index (χ1v) is 9.09. The van der Waals surface area contributed by atoms with E-state index >= 15 is 0 Å². The van der Waals surface area contributed by atoms with Gasteiger partial charge in [0.1, 0.15) is 5.71 Å². The fourth-order valence-corrected chi connectivity index (χ4v) is 3.20. The fourth-order valence-electron chi connectivity index (χ4n) is 2.54. The highest BCUT2D eigenvalue weighted by Gasteiger charge is 2.09. The minimum atomic E-state index is 0.744. The zero-order valence-electron chi connectivity index (χ0n) is 13.9. The molecule has 0 fully saturated rings. The van der Waals surface area contributed by atoms with Gasteiger partial charge >= 0.3 is 0 Å². The molecular weight excluding hydrogens is 340 g/mol. The molecule has 1 N–H and O–H groups in total. The zero-order chi connectivity index (χ0) is 17.6. The van der Waals surface area contributed by atoms with Gasteiger partial charge in [-0.25, -0.2) is 4.98 Å². The Balaban J connectivity index is 1.63. The van der Waals surface area contributed by atoms with Crippen LogP contribution in [0.25, 0.3) is 11.3 Å². The topological polar surface area (TPSA) is 50.2 Å². The van der Waals surface area contributed by atoms with Crippen LogP contribution in [0, 0.1) is 0 Å².